The van der Waals surface area contributed by atoms with E-state index in [1.807, 2.05) is 0 Å². The Kier molecular flexibility index (Phi) is 2.81. The van der Waals surface area contributed by atoms with Gasteiger partial charge in [0.05, 0.1) is 17.5 Å². The van der Waals surface area contributed by atoms with Crippen LogP contribution in [0, 0.1) is 0 Å². The lowest BCUT2D eigenvalue weighted by molar-refractivity contribution is 0.189. The molecule has 0 saturated carbocycles. The van der Waals surface area contributed by atoms with Crippen LogP contribution in [0.25, 0.3) is 0 Å². The Morgan fingerprint density at radius 1 is 1.39 bits per heavy atom. The van der Waals surface area contributed by atoms with Crippen molar-refractivity contribution >= 4 is 32.8 Å². The SMILES string of the molecule is O=S(=O)(c1cccc2c1N=S=N2)N1CC[C@@H](O)C1. The van der Waals surface area contributed by atoms with E-state index < -0.39 is 16.1 Å². The predicted octanol–water partition coefficient (Wildman–Crippen LogP) is 1.17. The second-order valence-electron chi connectivity index (χ2n) is 4.19. The molecule has 1 N–H and O–H groups in total. The van der Waals surface area contributed by atoms with Gasteiger partial charge in [-0.25, -0.2) is 8.42 Å². The number of rotatable bonds is 2. The van der Waals surface area contributed by atoms with Gasteiger partial charge in [-0.15, -0.1) is 0 Å². The lowest BCUT2D eigenvalue weighted by Crippen LogP contribution is -2.29. The first-order valence-electron chi connectivity index (χ1n) is 5.48. The van der Waals surface area contributed by atoms with Crippen LogP contribution < -0.4 is 0 Å². The summed E-state index contributed by atoms with van der Waals surface area (Å²) < 4.78 is 34.3. The third-order valence-electron chi connectivity index (χ3n) is 2.99. The number of aliphatic hydroxyl groups is 1. The maximum Gasteiger partial charge on any atom is 0.245 e. The number of fused-ring (bicyclic) bond motifs is 1. The number of hydrogen-bond acceptors (Lipinski definition) is 5. The van der Waals surface area contributed by atoms with Gasteiger partial charge in [-0.3, -0.25) is 0 Å². The molecular formula is C10H11N3O3S2. The maximum absolute atomic E-state index is 12.4. The number of aliphatic hydroxyl groups excluding tert-OH is 1. The maximum atomic E-state index is 12.4. The standard InChI is InChI=1S/C10H11N3O3S2/c14-7-4-5-13(6-7)18(15,16)9-3-1-2-8-10(9)12-17-11-8/h1-3,7,14H,4-6H2/t7-/m1/s1. The van der Waals surface area contributed by atoms with Gasteiger partial charge in [0.15, 0.2) is 0 Å². The molecule has 8 heteroatoms. The van der Waals surface area contributed by atoms with Crippen molar-refractivity contribution < 1.29 is 13.5 Å². The van der Waals surface area contributed by atoms with Crippen molar-refractivity contribution in [1.29, 1.82) is 0 Å². The molecule has 18 heavy (non-hydrogen) atoms. The van der Waals surface area contributed by atoms with Gasteiger partial charge in [0.2, 0.25) is 10.0 Å². The number of nitrogens with zero attached hydrogens (tertiary/aromatic N) is 3. The van der Waals surface area contributed by atoms with E-state index in [4.69, 9.17) is 0 Å². The molecule has 2 aliphatic heterocycles. The summed E-state index contributed by atoms with van der Waals surface area (Å²) in [4.78, 5) is 0.169. The molecule has 0 aliphatic carbocycles. The van der Waals surface area contributed by atoms with E-state index in [1.165, 1.54) is 10.4 Å². The molecule has 96 valence electrons. The lowest BCUT2D eigenvalue weighted by Gasteiger charge is -2.16. The first kappa shape index (κ1) is 12.0. The molecule has 1 aromatic carbocycles. The van der Waals surface area contributed by atoms with Crippen molar-refractivity contribution in [1.82, 2.24) is 4.31 Å². The van der Waals surface area contributed by atoms with Crippen LogP contribution in [0.3, 0.4) is 0 Å². The van der Waals surface area contributed by atoms with Gasteiger partial charge in [-0.1, -0.05) is 6.07 Å². The molecule has 3 rings (SSSR count). The lowest BCUT2D eigenvalue weighted by atomic mass is 10.3. The fourth-order valence-electron chi connectivity index (χ4n) is 2.06. The van der Waals surface area contributed by atoms with Gasteiger partial charge < -0.3 is 5.11 Å². The van der Waals surface area contributed by atoms with Crippen molar-refractivity contribution in [3.05, 3.63) is 18.2 Å². The largest absolute Gasteiger partial charge is 0.392 e. The Bertz CT molecular complexity index is 665. The van der Waals surface area contributed by atoms with Gasteiger partial charge in [0.1, 0.15) is 16.3 Å². The summed E-state index contributed by atoms with van der Waals surface area (Å²) in [5.74, 6) is 0. The van der Waals surface area contributed by atoms with Gasteiger partial charge in [-0.2, -0.15) is 13.0 Å². The molecule has 2 heterocycles. The third-order valence-corrected chi connectivity index (χ3v) is 5.43. The monoisotopic (exact) mass is 285 g/mol. The van der Waals surface area contributed by atoms with E-state index in [0.29, 0.717) is 24.3 Å². The molecule has 0 bridgehead atoms. The number of β-amino-alcohol motifs (C(OH)–C–C–N with tert-alkyl or cyclic N) is 1. The average Bonchev–Trinajstić information content (AvgIpc) is 2.96. The van der Waals surface area contributed by atoms with E-state index in [9.17, 15) is 13.5 Å². The summed E-state index contributed by atoms with van der Waals surface area (Å²) in [5, 5.41) is 9.45. The summed E-state index contributed by atoms with van der Waals surface area (Å²) in [7, 11) is -3.59. The quantitative estimate of drug-likeness (QED) is 0.899. The fraction of sp³-hybridized carbons (Fsp3) is 0.400. The van der Waals surface area contributed by atoms with E-state index >= 15 is 0 Å². The highest BCUT2D eigenvalue weighted by Crippen LogP contribution is 2.39. The summed E-state index contributed by atoms with van der Waals surface area (Å²) in [6.07, 6.45) is -0.0996. The first-order chi connectivity index (χ1) is 8.59. The summed E-state index contributed by atoms with van der Waals surface area (Å²) in [5.41, 5.74) is 0.990. The summed E-state index contributed by atoms with van der Waals surface area (Å²) in [6.45, 7) is 0.494. The van der Waals surface area contributed by atoms with Crippen molar-refractivity contribution in [2.45, 2.75) is 17.4 Å². The molecule has 0 unspecified atom stereocenters. The zero-order chi connectivity index (χ0) is 12.8. The summed E-state index contributed by atoms with van der Waals surface area (Å²) >= 11 is 0.994. The highest BCUT2D eigenvalue weighted by molar-refractivity contribution is 7.89. The molecule has 1 aromatic rings. The Balaban J connectivity index is 2.06. The van der Waals surface area contributed by atoms with Crippen LogP contribution in [0.1, 0.15) is 6.42 Å². The number of sulfonamides is 1. The molecule has 1 atom stereocenters. The van der Waals surface area contributed by atoms with Crippen molar-refractivity contribution in [2.75, 3.05) is 13.1 Å². The van der Waals surface area contributed by atoms with E-state index in [2.05, 4.69) is 8.73 Å². The second-order valence-corrected chi connectivity index (χ2v) is 6.63. The van der Waals surface area contributed by atoms with Crippen LogP contribution >= 0.6 is 0 Å². The molecule has 6 nitrogen and oxygen atoms in total. The van der Waals surface area contributed by atoms with Crippen LogP contribution in [0.15, 0.2) is 31.8 Å². The topological polar surface area (TPSA) is 82.3 Å². The molecule has 0 radical (unpaired) electrons. The highest BCUT2D eigenvalue weighted by Gasteiger charge is 2.34. The Morgan fingerprint density at radius 2 is 2.22 bits per heavy atom. The Morgan fingerprint density at radius 3 is 2.94 bits per heavy atom. The van der Waals surface area contributed by atoms with Gasteiger partial charge in [0, 0.05) is 13.1 Å². The van der Waals surface area contributed by atoms with Crippen LogP contribution in [-0.2, 0) is 21.4 Å². The van der Waals surface area contributed by atoms with Crippen molar-refractivity contribution in [2.24, 2.45) is 8.73 Å². The van der Waals surface area contributed by atoms with Crippen LogP contribution in [0.5, 0.6) is 0 Å². The number of benzene rings is 1. The highest BCUT2D eigenvalue weighted by atomic mass is 32.2. The van der Waals surface area contributed by atoms with Gasteiger partial charge in [-0.05, 0) is 18.6 Å². The fourth-order valence-corrected chi connectivity index (χ4v) is 4.30. The van der Waals surface area contributed by atoms with E-state index in [0.717, 1.165) is 11.4 Å². The molecule has 2 aliphatic rings. The first-order valence-corrected chi connectivity index (χ1v) is 7.65. The van der Waals surface area contributed by atoms with Crippen LogP contribution in [-0.4, -0.2) is 37.0 Å². The smallest absolute Gasteiger partial charge is 0.245 e. The minimum atomic E-state index is -3.59. The van der Waals surface area contributed by atoms with Crippen LogP contribution in [0.4, 0.5) is 11.4 Å². The van der Waals surface area contributed by atoms with Crippen molar-refractivity contribution in [3.8, 4) is 0 Å². The molecule has 0 aromatic heterocycles. The van der Waals surface area contributed by atoms with Crippen LogP contribution in [0.2, 0.25) is 0 Å². The molecule has 1 fully saturated rings. The Labute approximate surface area is 108 Å². The van der Waals surface area contributed by atoms with Gasteiger partial charge in [0.25, 0.3) is 0 Å². The minimum absolute atomic E-state index is 0.149. The summed E-state index contributed by atoms with van der Waals surface area (Å²) in [6, 6.07) is 4.92. The average molecular weight is 285 g/mol. The zero-order valence-corrected chi connectivity index (χ0v) is 11.0. The zero-order valence-electron chi connectivity index (χ0n) is 9.35. The molecular weight excluding hydrogens is 274 g/mol. The molecule has 0 amide bonds. The predicted molar refractivity (Wildman–Crippen MR) is 67.4 cm³/mol. The molecule has 1 saturated heterocycles. The number of hydrogen-bond donors (Lipinski definition) is 1. The molecule has 0 spiro atoms. The van der Waals surface area contributed by atoms with Gasteiger partial charge >= 0.3 is 0 Å². The Hall–Kier alpha value is -1.09. The second kappa shape index (κ2) is 4.23. The van der Waals surface area contributed by atoms with E-state index in [-0.39, 0.29) is 11.4 Å². The minimum Gasteiger partial charge on any atom is -0.392 e. The normalized spacial score (nSPS) is 23.1. The third kappa shape index (κ3) is 1.81. The van der Waals surface area contributed by atoms with E-state index in [1.54, 1.807) is 12.1 Å². The van der Waals surface area contributed by atoms with Crippen molar-refractivity contribution in [3.63, 3.8) is 0 Å².